The number of aromatic nitrogens is 1. The standard InChI is InChI=1S/C24H30F3N5O2/c1-4-17-12-32(22(33)14-31-13-18(34-3)10-11-21(31)30-28)16-23(17,5-2)15-29-20-9-7-6-8-19(20)24(25,26)27/h5-11,13,17,29H,2,4,12,14-16,28H2,1,3H3. The van der Waals surface area contributed by atoms with Crippen LogP contribution in [-0.2, 0) is 17.5 Å². The monoisotopic (exact) mass is 477 g/mol. The summed E-state index contributed by atoms with van der Waals surface area (Å²) in [6.45, 7) is 7.02. The molecule has 1 fully saturated rings. The van der Waals surface area contributed by atoms with E-state index in [2.05, 4.69) is 17.0 Å². The molecule has 1 aliphatic rings. The molecule has 7 nitrogen and oxygen atoms in total. The number of halogens is 3. The van der Waals surface area contributed by atoms with Crippen LogP contribution in [0.15, 0.2) is 60.4 Å². The molecule has 2 unspecified atom stereocenters. The molecule has 2 heterocycles. The molecule has 0 radical (unpaired) electrons. The van der Waals surface area contributed by atoms with Crippen molar-refractivity contribution >= 4 is 11.6 Å². The number of carbonyl (C=O) groups is 1. The number of carbonyl (C=O) groups excluding carboxylic acids is 1. The van der Waals surface area contributed by atoms with Crippen molar-refractivity contribution in [3.05, 3.63) is 66.3 Å². The number of ether oxygens (including phenoxy) is 1. The summed E-state index contributed by atoms with van der Waals surface area (Å²) >= 11 is 0. The molecule has 0 aliphatic carbocycles. The van der Waals surface area contributed by atoms with Crippen molar-refractivity contribution in [2.45, 2.75) is 26.1 Å². The molecule has 0 saturated carbocycles. The number of anilines is 1. The van der Waals surface area contributed by atoms with Gasteiger partial charge in [-0.2, -0.15) is 18.3 Å². The summed E-state index contributed by atoms with van der Waals surface area (Å²) < 4.78 is 47.1. The zero-order valence-corrected chi connectivity index (χ0v) is 19.3. The molecule has 10 heteroatoms. The summed E-state index contributed by atoms with van der Waals surface area (Å²) in [5, 5.41) is 6.69. The summed E-state index contributed by atoms with van der Waals surface area (Å²) in [5.74, 6) is 5.89. The number of hydrogen-bond acceptors (Lipinski definition) is 5. The molecule has 184 valence electrons. The normalized spacial score (nSPS) is 20.9. The first-order valence-electron chi connectivity index (χ1n) is 11.0. The molecule has 34 heavy (non-hydrogen) atoms. The van der Waals surface area contributed by atoms with Gasteiger partial charge in [0.25, 0.3) is 0 Å². The van der Waals surface area contributed by atoms with E-state index in [0.29, 0.717) is 24.3 Å². The maximum Gasteiger partial charge on any atom is 0.418 e. The van der Waals surface area contributed by atoms with Gasteiger partial charge in [0.2, 0.25) is 5.91 Å². The summed E-state index contributed by atoms with van der Waals surface area (Å²) in [4.78, 5) is 14.9. The lowest BCUT2D eigenvalue weighted by molar-refractivity contribution is -0.137. The van der Waals surface area contributed by atoms with Gasteiger partial charge in [-0.3, -0.25) is 4.79 Å². The van der Waals surface area contributed by atoms with Crippen LogP contribution in [0.4, 0.5) is 18.9 Å². The number of nitrogens with two attached hydrogens (primary N) is 1. The summed E-state index contributed by atoms with van der Waals surface area (Å²) in [6.07, 6.45) is -0.315. The minimum Gasteiger partial charge on any atom is -0.495 e. The second kappa shape index (κ2) is 10.2. The van der Waals surface area contributed by atoms with E-state index < -0.39 is 17.2 Å². The van der Waals surface area contributed by atoms with Crippen LogP contribution in [0.3, 0.4) is 0 Å². The number of amides is 1. The van der Waals surface area contributed by atoms with E-state index in [1.165, 1.54) is 19.2 Å². The highest BCUT2D eigenvalue weighted by molar-refractivity contribution is 5.76. The minimum atomic E-state index is -4.47. The van der Waals surface area contributed by atoms with Gasteiger partial charge < -0.3 is 25.4 Å². The van der Waals surface area contributed by atoms with Crippen molar-refractivity contribution in [3.63, 3.8) is 0 Å². The highest BCUT2D eigenvalue weighted by Crippen LogP contribution is 2.41. The van der Waals surface area contributed by atoms with E-state index in [9.17, 15) is 18.0 Å². The Bertz CT molecular complexity index is 1100. The van der Waals surface area contributed by atoms with Gasteiger partial charge in [-0.15, -0.1) is 6.58 Å². The highest BCUT2D eigenvalue weighted by Gasteiger charge is 2.45. The lowest BCUT2D eigenvalue weighted by Crippen LogP contribution is -2.39. The van der Waals surface area contributed by atoms with Crippen LogP contribution >= 0.6 is 0 Å². The molecule has 1 saturated heterocycles. The Morgan fingerprint density at radius 3 is 2.71 bits per heavy atom. The van der Waals surface area contributed by atoms with Gasteiger partial charge in [0, 0.05) is 36.9 Å². The van der Waals surface area contributed by atoms with Gasteiger partial charge >= 0.3 is 6.18 Å². The predicted octanol–water partition coefficient (Wildman–Crippen LogP) is 3.44. The van der Waals surface area contributed by atoms with Crippen molar-refractivity contribution in [1.82, 2.24) is 9.47 Å². The zero-order chi connectivity index (χ0) is 24.9. The first-order chi connectivity index (χ1) is 16.2. The fourth-order valence-corrected chi connectivity index (χ4v) is 4.50. The highest BCUT2D eigenvalue weighted by atomic mass is 19.4. The average molecular weight is 478 g/mol. The third-order valence-electron chi connectivity index (χ3n) is 6.48. The Morgan fingerprint density at radius 1 is 1.35 bits per heavy atom. The largest absolute Gasteiger partial charge is 0.495 e. The SMILES string of the molecule is C=CC1(CNc2ccccc2C(F)(F)F)CN(C(=O)Cn2cc(OC)ccc2=NN)CC1CC. The molecule has 2 aromatic rings. The quantitative estimate of drug-likeness (QED) is 0.347. The Labute approximate surface area is 196 Å². The molecule has 3 rings (SSSR count). The second-order valence-electron chi connectivity index (χ2n) is 8.40. The maximum atomic E-state index is 13.4. The van der Waals surface area contributed by atoms with Gasteiger partial charge in [0.05, 0.1) is 12.7 Å². The van der Waals surface area contributed by atoms with E-state index in [1.54, 1.807) is 39.9 Å². The fraction of sp³-hybridized carbons (Fsp3) is 0.417. The van der Waals surface area contributed by atoms with Crippen molar-refractivity contribution in [2.24, 2.45) is 22.3 Å². The number of nitrogens with one attached hydrogen (secondary N) is 1. The first kappa shape index (κ1) is 25.2. The van der Waals surface area contributed by atoms with E-state index in [-0.39, 0.29) is 30.6 Å². The first-order valence-corrected chi connectivity index (χ1v) is 11.0. The Kier molecular flexibility index (Phi) is 7.58. The third-order valence-corrected chi connectivity index (χ3v) is 6.48. The summed E-state index contributed by atoms with van der Waals surface area (Å²) in [6, 6.07) is 8.74. The van der Waals surface area contributed by atoms with Crippen molar-refractivity contribution in [2.75, 3.05) is 32.1 Å². The van der Waals surface area contributed by atoms with Gasteiger partial charge in [-0.05, 0) is 30.2 Å². The van der Waals surface area contributed by atoms with Gasteiger partial charge in [-0.25, -0.2) is 0 Å². The van der Waals surface area contributed by atoms with E-state index in [1.807, 2.05) is 6.92 Å². The molecule has 1 aliphatic heterocycles. The van der Waals surface area contributed by atoms with Gasteiger partial charge in [-0.1, -0.05) is 31.6 Å². The van der Waals surface area contributed by atoms with Gasteiger partial charge in [0.15, 0.2) is 5.49 Å². The Hall–Kier alpha value is -3.43. The predicted molar refractivity (Wildman–Crippen MR) is 124 cm³/mol. The van der Waals surface area contributed by atoms with Crippen LogP contribution in [0.25, 0.3) is 0 Å². The number of para-hydroxylation sites is 1. The molecule has 0 bridgehead atoms. The molecular formula is C24H30F3N5O2. The van der Waals surface area contributed by atoms with Crippen LogP contribution in [0.5, 0.6) is 5.75 Å². The third kappa shape index (κ3) is 5.21. The molecule has 3 N–H and O–H groups in total. The number of rotatable bonds is 8. The Balaban J connectivity index is 1.80. The van der Waals surface area contributed by atoms with Crippen LogP contribution in [0.1, 0.15) is 18.9 Å². The summed E-state index contributed by atoms with van der Waals surface area (Å²) in [7, 11) is 1.52. The van der Waals surface area contributed by atoms with E-state index in [4.69, 9.17) is 10.6 Å². The van der Waals surface area contributed by atoms with Crippen molar-refractivity contribution in [3.8, 4) is 5.75 Å². The number of nitrogens with zero attached hydrogens (tertiary/aromatic N) is 3. The number of alkyl halides is 3. The van der Waals surface area contributed by atoms with Crippen LogP contribution in [-0.4, -0.2) is 42.1 Å². The van der Waals surface area contributed by atoms with E-state index >= 15 is 0 Å². The smallest absolute Gasteiger partial charge is 0.418 e. The minimum absolute atomic E-state index is 0.00122. The second-order valence-corrected chi connectivity index (χ2v) is 8.40. The molecular weight excluding hydrogens is 447 g/mol. The lowest BCUT2D eigenvalue weighted by Gasteiger charge is -2.32. The maximum absolute atomic E-state index is 13.4. The number of methoxy groups -OCH3 is 1. The number of likely N-dealkylation sites (tertiary alicyclic amines) is 1. The zero-order valence-electron chi connectivity index (χ0n) is 19.3. The van der Waals surface area contributed by atoms with Gasteiger partial charge in [0.1, 0.15) is 12.3 Å². The average Bonchev–Trinajstić information content (AvgIpc) is 3.21. The number of hydrogen-bond donors (Lipinski definition) is 2. The summed E-state index contributed by atoms with van der Waals surface area (Å²) in [5.41, 5.74) is -0.873. The van der Waals surface area contributed by atoms with Crippen molar-refractivity contribution < 1.29 is 22.7 Å². The topological polar surface area (TPSA) is 84.9 Å². The molecule has 1 aromatic heterocycles. The lowest BCUT2D eigenvalue weighted by atomic mass is 9.76. The number of benzene rings is 1. The Morgan fingerprint density at radius 2 is 2.09 bits per heavy atom. The number of pyridine rings is 1. The van der Waals surface area contributed by atoms with Crippen LogP contribution in [0, 0.1) is 11.3 Å². The molecule has 1 amide bonds. The molecule has 2 atom stereocenters. The fourth-order valence-electron chi connectivity index (χ4n) is 4.50. The molecule has 0 spiro atoms. The van der Waals surface area contributed by atoms with E-state index in [0.717, 1.165) is 12.5 Å². The van der Waals surface area contributed by atoms with Crippen LogP contribution in [0.2, 0.25) is 0 Å². The van der Waals surface area contributed by atoms with Crippen LogP contribution < -0.4 is 21.4 Å². The van der Waals surface area contributed by atoms with Crippen molar-refractivity contribution in [1.29, 1.82) is 0 Å². The molecule has 1 aromatic carbocycles.